The molecule has 2 atom stereocenters. The number of aromatic nitrogens is 4. The minimum atomic E-state index is -0.945. The highest BCUT2D eigenvalue weighted by molar-refractivity contribution is 7.07. The summed E-state index contributed by atoms with van der Waals surface area (Å²) in [5.41, 5.74) is 0.790. The van der Waals surface area contributed by atoms with E-state index < -0.39 is 35.6 Å². The fourth-order valence-corrected chi connectivity index (χ4v) is 6.63. The van der Waals surface area contributed by atoms with Crippen molar-refractivity contribution in [1.82, 2.24) is 39.8 Å². The van der Waals surface area contributed by atoms with E-state index in [4.69, 9.17) is 0 Å². The third-order valence-corrected chi connectivity index (χ3v) is 9.59. The molecule has 0 spiro atoms. The van der Waals surface area contributed by atoms with Crippen LogP contribution in [0.3, 0.4) is 0 Å². The van der Waals surface area contributed by atoms with Gasteiger partial charge in [0, 0.05) is 45.3 Å². The first kappa shape index (κ1) is 34.1. The lowest BCUT2D eigenvalue weighted by molar-refractivity contribution is -0.134. The van der Waals surface area contributed by atoms with Crippen LogP contribution in [-0.4, -0.2) is 98.1 Å². The quantitative estimate of drug-likeness (QED) is 0.264. The number of carbonyl (C=O) groups is 4. The average Bonchev–Trinajstić information content (AvgIpc) is 3.72. The van der Waals surface area contributed by atoms with E-state index in [1.807, 2.05) is 14.0 Å². The molecule has 3 N–H and O–H groups in total. The molecule has 1 saturated carbocycles. The van der Waals surface area contributed by atoms with Crippen LogP contribution in [0.1, 0.15) is 71.2 Å². The molecule has 1 aliphatic heterocycles. The maximum Gasteiger partial charge on any atom is 0.270 e. The summed E-state index contributed by atoms with van der Waals surface area (Å²) in [6, 6.07) is 4.15. The number of aryl methyl sites for hydroxylation is 1. The number of hydrogen-bond donors (Lipinski definition) is 3. The molecule has 2 fully saturated rings. The predicted molar refractivity (Wildman–Crippen MR) is 174 cm³/mol. The van der Waals surface area contributed by atoms with Gasteiger partial charge >= 0.3 is 0 Å². The number of anilines is 1. The lowest BCUT2D eigenvalue weighted by Gasteiger charge is -2.34. The minimum Gasteiger partial charge on any atom is -0.339 e. The number of piperazine rings is 1. The molecule has 4 amide bonds. The minimum absolute atomic E-state index is 0.0352. The van der Waals surface area contributed by atoms with E-state index in [1.54, 1.807) is 27.9 Å². The summed E-state index contributed by atoms with van der Waals surface area (Å²) in [7, 11) is 1.98. The van der Waals surface area contributed by atoms with Crippen molar-refractivity contribution in [3.63, 3.8) is 0 Å². The summed E-state index contributed by atoms with van der Waals surface area (Å²) in [5.74, 6) is -2.42. The maximum atomic E-state index is 15.6. The van der Waals surface area contributed by atoms with Gasteiger partial charge in [0.15, 0.2) is 0 Å². The van der Waals surface area contributed by atoms with Crippen LogP contribution in [0, 0.1) is 11.7 Å². The van der Waals surface area contributed by atoms with Gasteiger partial charge in [-0.2, -0.15) is 5.10 Å². The van der Waals surface area contributed by atoms with Crippen molar-refractivity contribution in [3.05, 3.63) is 58.6 Å². The molecular formula is C32H42FN9O4S. The molecular weight excluding hydrogens is 625 g/mol. The number of rotatable bonds is 11. The summed E-state index contributed by atoms with van der Waals surface area (Å²) < 4.78 is 20.9. The Morgan fingerprint density at radius 2 is 1.74 bits per heavy atom. The van der Waals surface area contributed by atoms with Gasteiger partial charge in [0.05, 0.1) is 11.9 Å². The van der Waals surface area contributed by atoms with Crippen molar-refractivity contribution < 1.29 is 23.6 Å². The van der Waals surface area contributed by atoms with Crippen molar-refractivity contribution in [2.45, 2.75) is 70.5 Å². The van der Waals surface area contributed by atoms with E-state index in [0.29, 0.717) is 44.0 Å². The van der Waals surface area contributed by atoms with Crippen LogP contribution < -0.4 is 16.0 Å². The summed E-state index contributed by atoms with van der Waals surface area (Å²) >= 11 is 0.920. The second-order valence-electron chi connectivity index (χ2n) is 12.2. The first-order chi connectivity index (χ1) is 22.7. The first-order valence-electron chi connectivity index (χ1n) is 16.2. The van der Waals surface area contributed by atoms with Crippen molar-refractivity contribution in [1.29, 1.82) is 0 Å². The van der Waals surface area contributed by atoms with Crippen LogP contribution >= 0.6 is 11.5 Å². The molecule has 252 valence electrons. The third-order valence-electron chi connectivity index (χ3n) is 8.92. The number of nitrogens with zero attached hydrogens (tertiary/aromatic N) is 6. The second-order valence-corrected chi connectivity index (χ2v) is 13.0. The molecule has 1 saturated heterocycles. The number of amides is 4. The van der Waals surface area contributed by atoms with Gasteiger partial charge in [-0.3, -0.25) is 23.9 Å². The maximum absolute atomic E-state index is 15.6. The number of benzene rings is 1. The zero-order valence-corrected chi connectivity index (χ0v) is 27.6. The normalized spacial score (nSPS) is 17.4. The Morgan fingerprint density at radius 1 is 1.00 bits per heavy atom. The zero-order chi connectivity index (χ0) is 33.3. The monoisotopic (exact) mass is 667 g/mol. The number of likely N-dealkylation sites (N-methyl/N-ethyl adjacent to an activating group) is 1. The first-order valence-corrected chi connectivity index (χ1v) is 17.0. The van der Waals surface area contributed by atoms with Crippen molar-refractivity contribution in [2.75, 3.05) is 38.5 Å². The number of carbonyl (C=O) groups excluding carboxylic acids is 4. The Bertz CT molecular complexity index is 1530. The van der Waals surface area contributed by atoms with Gasteiger partial charge < -0.3 is 25.8 Å². The highest BCUT2D eigenvalue weighted by atomic mass is 32.1. The molecule has 0 unspecified atom stereocenters. The summed E-state index contributed by atoms with van der Waals surface area (Å²) in [6.45, 7) is 4.83. The summed E-state index contributed by atoms with van der Waals surface area (Å²) in [6.07, 6.45) is 8.50. The lowest BCUT2D eigenvalue weighted by atomic mass is 9.91. The molecule has 2 aromatic heterocycles. The molecule has 5 rings (SSSR count). The van der Waals surface area contributed by atoms with Crippen molar-refractivity contribution >= 4 is 40.8 Å². The van der Waals surface area contributed by atoms with Gasteiger partial charge in [-0.25, -0.2) is 4.39 Å². The smallest absolute Gasteiger partial charge is 0.270 e. The Kier molecular flexibility index (Phi) is 11.6. The second kappa shape index (κ2) is 16.0. The van der Waals surface area contributed by atoms with Crippen molar-refractivity contribution in [3.8, 4) is 0 Å². The molecule has 3 heterocycles. The van der Waals surface area contributed by atoms with Crippen LogP contribution in [0.5, 0.6) is 0 Å². The third kappa shape index (κ3) is 8.77. The molecule has 3 aromatic rings. The molecule has 13 nitrogen and oxygen atoms in total. The SMILES string of the molecule is CCn1nccc1C(=O)N[C@H](C(=O)Nc1ccc(C[C@@H](NC(=O)c2cnns2)C(=O)N2CCN(C)CC2)cc1F)C1CCCCCC1. The molecule has 1 aliphatic carbocycles. The Hall–Kier alpha value is -4.24. The van der Waals surface area contributed by atoms with Gasteiger partial charge in [0.1, 0.15) is 28.5 Å². The Labute approximate surface area is 277 Å². The van der Waals surface area contributed by atoms with Crippen molar-refractivity contribution in [2.24, 2.45) is 5.92 Å². The zero-order valence-electron chi connectivity index (χ0n) is 26.8. The molecule has 1 aromatic carbocycles. The lowest BCUT2D eigenvalue weighted by Crippen LogP contribution is -2.54. The van der Waals surface area contributed by atoms with E-state index in [1.165, 1.54) is 18.3 Å². The van der Waals surface area contributed by atoms with E-state index in [9.17, 15) is 19.2 Å². The topological polar surface area (TPSA) is 154 Å². The van der Waals surface area contributed by atoms with Gasteiger partial charge in [-0.05, 0) is 68.0 Å². The Balaban J connectivity index is 1.31. The predicted octanol–water partition coefficient (Wildman–Crippen LogP) is 2.72. The standard InChI is InChI=1S/C32H42FN9O4S/c1-3-42-26(12-13-35-42)29(43)38-28(22-8-6-4-5-7-9-22)31(45)36-24-11-10-21(18-23(24)33)19-25(37-30(44)27-20-34-39-47-27)32(46)41-16-14-40(2)15-17-41/h10-13,18,20,22,25,28H,3-9,14-17,19H2,1-2H3,(H,36,45)(H,37,44)(H,38,43)/t25-,28+/m1/s1. The van der Waals surface area contributed by atoms with Gasteiger partial charge in [-0.1, -0.05) is 36.2 Å². The van der Waals surface area contributed by atoms with Crippen LogP contribution in [-0.2, 0) is 22.6 Å². The Morgan fingerprint density at radius 3 is 2.40 bits per heavy atom. The number of hydrogen-bond acceptors (Lipinski definition) is 9. The fraction of sp³-hybridized carbons (Fsp3) is 0.531. The summed E-state index contributed by atoms with van der Waals surface area (Å²) in [5, 5.41) is 16.3. The molecule has 15 heteroatoms. The van der Waals surface area contributed by atoms with Gasteiger partial charge in [0.2, 0.25) is 11.8 Å². The highest BCUT2D eigenvalue weighted by Gasteiger charge is 2.33. The molecule has 0 radical (unpaired) electrons. The van der Waals surface area contributed by atoms with Gasteiger partial charge in [0.25, 0.3) is 11.8 Å². The van der Waals surface area contributed by atoms with Crippen LogP contribution in [0.2, 0.25) is 0 Å². The van der Waals surface area contributed by atoms with E-state index >= 15 is 4.39 Å². The summed E-state index contributed by atoms with van der Waals surface area (Å²) in [4.78, 5) is 57.4. The van der Waals surface area contributed by atoms with E-state index in [0.717, 1.165) is 50.1 Å². The number of halogens is 1. The van der Waals surface area contributed by atoms with E-state index in [-0.39, 0.29) is 28.8 Å². The largest absolute Gasteiger partial charge is 0.339 e. The van der Waals surface area contributed by atoms with E-state index in [2.05, 4.69) is 35.5 Å². The average molecular weight is 668 g/mol. The number of nitrogens with one attached hydrogen (secondary N) is 3. The fourth-order valence-electron chi connectivity index (χ4n) is 6.21. The van der Waals surface area contributed by atoms with Crippen LogP contribution in [0.25, 0.3) is 0 Å². The highest BCUT2D eigenvalue weighted by Crippen LogP contribution is 2.27. The molecule has 47 heavy (non-hydrogen) atoms. The molecule has 0 bridgehead atoms. The van der Waals surface area contributed by atoms with Crippen LogP contribution in [0.4, 0.5) is 10.1 Å². The molecule has 2 aliphatic rings. The van der Waals surface area contributed by atoms with Crippen LogP contribution in [0.15, 0.2) is 36.7 Å². The van der Waals surface area contributed by atoms with Gasteiger partial charge in [-0.15, -0.1) is 5.10 Å².